The molecule has 7 nitrogen and oxygen atoms in total. The number of aromatic nitrogens is 3. The van der Waals surface area contributed by atoms with E-state index in [9.17, 15) is 9.59 Å². The van der Waals surface area contributed by atoms with Crippen molar-refractivity contribution in [1.29, 1.82) is 0 Å². The van der Waals surface area contributed by atoms with Gasteiger partial charge in [0, 0.05) is 17.5 Å². The zero-order chi connectivity index (χ0) is 14.8. The number of amides is 1. The molecule has 3 rings (SSSR count). The van der Waals surface area contributed by atoms with Crippen LogP contribution in [0.3, 0.4) is 0 Å². The minimum atomic E-state index is -0.956. The van der Waals surface area contributed by atoms with E-state index in [2.05, 4.69) is 20.3 Å². The summed E-state index contributed by atoms with van der Waals surface area (Å²) >= 11 is 1.19. The highest BCUT2D eigenvalue weighted by Gasteiger charge is 2.27. The SMILES string of the molecule is O=C(O)Cc1csc(NC(=O)c2ccnc(C3CC3)n2)n1. The van der Waals surface area contributed by atoms with Gasteiger partial charge in [0.15, 0.2) is 5.13 Å². The molecule has 1 amide bonds. The van der Waals surface area contributed by atoms with Crippen molar-refractivity contribution in [1.82, 2.24) is 15.0 Å². The molecule has 0 aromatic carbocycles. The highest BCUT2D eigenvalue weighted by Crippen LogP contribution is 2.37. The first-order valence-electron chi connectivity index (χ1n) is 6.42. The van der Waals surface area contributed by atoms with Crippen LogP contribution in [0.4, 0.5) is 5.13 Å². The average molecular weight is 304 g/mol. The number of carbonyl (C=O) groups is 2. The molecule has 0 aliphatic heterocycles. The Hall–Kier alpha value is -2.35. The molecule has 21 heavy (non-hydrogen) atoms. The van der Waals surface area contributed by atoms with E-state index in [4.69, 9.17) is 5.11 Å². The summed E-state index contributed by atoms with van der Waals surface area (Å²) in [6, 6.07) is 1.55. The van der Waals surface area contributed by atoms with Crippen LogP contribution < -0.4 is 5.32 Å². The van der Waals surface area contributed by atoms with Crippen LogP contribution in [-0.2, 0) is 11.2 Å². The van der Waals surface area contributed by atoms with Crippen LogP contribution in [-0.4, -0.2) is 31.9 Å². The van der Waals surface area contributed by atoms with Crippen molar-refractivity contribution in [3.05, 3.63) is 34.9 Å². The third-order valence-electron chi connectivity index (χ3n) is 2.95. The van der Waals surface area contributed by atoms with Crippen molar-refractivity contribution in [2.45, 2.75) is 25.2 Å². The Morgan fingerprint density at radius 3 is 2.90 bits per heavy atom. The number of anilines is 1. The third-order valence-corrected chi connectivity index (χ3v) is 3.76. The minimum Gasteiger partial charge on any atom is -0.481 e. The Labute approximate surface area is 124 Å². The van der Waals surface area contributed by atoms with Gasteiger partial charge in [-0.2, -0.15) is 0 Å². The number of hydrogen-bond donors (Lipinski definition) is 2. The first kappa shape index (κ1) is 13.6. The van der Waals surface area contributed by atoms with Crippen LogP contribution in [0.5, 0.6) is 0 Å². The second-order valence-electron chi connectivity index (χ2n) is 4.74. The maximum atomic E-state index is 12.1. The van der Waals surface area contributed by atoms with E-state index in [-0.39, 0.29) is 12.3 Å². The Balaban J connectivity index is 1.69. The van der Waals surface area contributed by atoms with Crippen molar-refractivity contribution < 1.29 is 14.7 Å². The van der Waals surface area contributed by atoms with Gasteiger partial charge in [-0.1, -0.05) is 0 Å². The fourth-order valence-corrected chi connectivity index (χ4v) is 2.51. The predicted octanol–water partition coefficient (Wildman–Crippen LogP) is 1.69. The first-order valence-corrected chi connectivity index (χ1v) is 7.30. The van der Waals surface area contributed by atoms with Gasteiger partial charge in [0.2, 0.25) is 0 Å². The van der Waals surface area contributed by atoms with Gasteiger partial charge in [0.05, 0.1) is 12.1 Å². The molecular weight excluding hydrogens is 292 g/mol. The molecule has 8 heteroatoms. The second-order valence-corrected chi connectivity index (χ2v) is 5.60. The van der Waals surface area contributed by atoms with Crippen LogP contribution in [0.1, 0.15) is 40.8 Å². The van der Waals surface area contributed by atoms with Gasteiger partial charge >= 0.3 is 5.97 Å². The molecule has 2 heterocycles. The molecule has 0 unspecified atom stereocenters. The lowest BCUT2D eigenvalue weighted by Gasteiger charge is -2.02. The molecule has 108 valence electrons. The lowest BCUT2D eigenvalue weighted by Crippen LogP contribution is -2.15. The number of nitrogens with one attached hydrogen (secondary N) is 1. The monoisotopic (exact) mass is 304 g/mol. The fourth-order valence-electron chi connectivity index (χ4n) is 1.80. The van der Waals surface area contributed by atoms with Crippen LogP contribution in [0.2, 0.25) is 0 Å². The van der Waals surface area contributed by atoms with Gasteiger partial charge in [-0.25, -0.2) is 15.0 Å². The zero-order valence-corrected chi connectivity index (χ0v) is 11.8. The van der Waals surface area contributed by atoms with E-state index < -0.39 is 5.97 Å². The normalized spacial score (nSPS) is 13.9. The number of carboxylic acid groups (broad SMARTS) is 1. The van der Waals surface area contributed by atoms with Crippen LogP contribution >= 0.6 is 11.3 Å². The van der Waals surface area contributed by atoms with Crippen molar-refractivity contribution in [2.75, 3.05) is 5.32 Å². The molecule has 1 fully saturated rings. The molecule has 2 N–H and O–H groups in total. The smallest absolute Gasteiger partial charge is 0.309 e. The predicted molar refractivity (Wildman–Crippen MR) is 75.4 cm³/mol. The molecule has 1 aliphatic carbocycles. The summed E-state index contributed by atoms with van der Waals surface area (Å²) in [4.78, 5) is 35.1. The number of hydrogen-bond acceptors (Lipinski definition) is 6. The summed E-state index contributed by atoms with van der Waals surface area (Å²) in [7, 11) is 0. The number of nitrogens with zero attached hydrogens (tertiary/aromatic N) is 3. The number of aliphatic carboxylic acids is 1. The number of carbonyl (C=O) groups excluding carboxylic acids is 1. The first-order chi connectivity index (χ1) is 10.1. The molecule has 0 spiro atoms. The van der Waals surface area contributed by atoms with E-state index in [1.54, 1.807) is 17.6 Å². The molecule has 0 radical (unpaired) electrons. The summed E-state index contributed by atoms with van der Waals surface area (Å²) in [5, 5.41) is 13.3. The number of thiazole rings is 1. The van der Waals surface area contributed by atoms with Crippen molar-refractivity contribution >= 4 is 28.3 Å². The van der Waals surface area contributed by atoms with Gasteiger partial charge in [0.1, 0.15) is 11.5 Å². The molecule has 0 atom stereocenters. The van der Waals surface area contributed by atoms with E-state index in [1.807, 2.05) is 0 Å². The maximum absolute atomic E-state index is 12.1. The van der Waals surface area contributed by atoms with E-state index >= 15 is 0 Å². The lowest BCUT2D eigenvalue weighted by molar-refractivity contribution is -0.136. The van der Waals surface area contributed by atoms with Gasteiger partial charge in [-0.3, -0.25) is 14.9 Å². The summed E-state index contributed by atoms with van der Waals surface area (Å²) in [6.45, 7) is 0. The molecular formula is C13H12N4O3S. The summed E-state index contributed by atoms with van der Waals surface area (Å²) in [5.74, 6) is -0.244. The largest absolute Gasteiger partial charge is 0.481 e. The summed E-state index contributed by atoms with van der Waals surface area (Å²) < 4.78 is 0. The van der Waals surface area contributed by atoms with E-state index in [1.165, 1.54) is 11.3 Å². The van der Waals surface area contributed by atoms with Gasteiger partial charge in [-0.05, 0) is 18.9 Å². The van der Waals surface area contributed by atoms with Gasteiger partial charge in [0.25, 0.3) is 5.91 Å². The van der Waals surface area contributed by atoms with E-state index in [0.29, 0.717) is 28.3 Å². The molecule has 2 aromatic heterocycles. The number of rotatable bonds is 5. The standard InChI is InChI=1S/C13H12N4O3S/c18-10(19)5-8-6-21-13(15-8)17-12(20)9-3-4-14-11(16-9)7-1-2-7/h3-4,6-7H,1-2,5H2,(H,18,19)(H,15,17,20). The Bertz CT molecular complexity index is 696. The Kier molecular flexibility index (Phi) is 3.61. The quantitative estimate of drug-likeness (QED) is 0.871. The lowest BCUT2D eigenvalue weighted by atomic mass is 10.3. The fraction of sp³-hybridized carbons (Fsp3) is 0.308. The maximum Gasteiger partial charge on any atom is 0.309 e. The van der Waals surface area contributed by atoms with Crippen molar-refractivity contribution in [3.63, 3.8) is 0 Å². The average Bonchev–Trinajstić information content (AvgIpc) is 3.22. The highest BCUT2D eigenvalue weighted by atomic mass is 32.1. The van der Waals surface area contributed by atoms with Crippen LogP contribution in [0.25, 0.3) is 0 Å². The highest BCUT2D eigenvalue weighted by molar-refractivity contribution is 7.14. The van der Waals surface area contributed by atoms with Crippen LogP contribution in [0, 0.1) is 0 Å². The Morgan fingerprint density at radius 2 is 2.19 bits per heavy atom. The summed E-state index contributed by atoms with van der Waals surface area (Å²) in [6.07, 6.45) is 3.55. The number of carboxylic acids is 1. The van der Waals surface area contributed by atoms with Crippen molar-refractivity contribution in [2.24, 2.45) is 0 Å². The Morgan fingerprint density at radius 1 is 1.38 bits per heavy atom. The van der Waals surface area contributed by atoms with Gasteiger partial charge < -0.3 is 5.11 Å². The molecule has 1 aliphatic rings. The van der Waals surface area contributed by atoms with Gasteiger partial charge in [-0.15, -0.1) is 11.3 Å². The summed E-state index contributed by atoms with van der Waals surface area (Å²) in [5.41, 5.74) is 0.714. The van der Waals surface area contributed by atoms with Crippen molar-refractivity contribution in [3.8, 4) is 0 Å². The third kappa shape index (κ3) is 3.40. The molecule has 0 saturated heterocycles. The second kappa shape index (κ2) is 5.57. The zero-order valence-electron chi connectivity index (χ0n) is 10.9. The molecule has 1 saturated carbocycles. The topological polar surface area (TPSA) is 105 Å². The van der Waals surface area contributed by atoms with E-state index in [0.717, 1.165) is 12.8 Å². The van der Waals surface area contributed by atoms with Crippen LogP contribution in [0.15, 0.2) is 17.6 Å². The minimum absolute atomic E-state index is 0.161. The molecule has 0 bridgehead atoms. The molecule has 2 aromatic rings.